The van der Waals surface area contributed by atoms with Gasteiger partial charge in [0, 0.05) is 17.1 Å². The van der Waals surface area contributed by atoms with Crippen molar-refractivity contribution in [2.75, 3.05) is 13.7 Å². The molecule has 98 valence electrons. The van der Waals surface area contributed by atoms with E-state index in [1.54, 1.807) is 19.1 Å². The number of carboxylic acid groups (broad SMARTS) is 1. The van der Waals surface area contributed by atoms with Crippen molar-refractivity contribution >= 4 is 27.8 Å². The summed E-state index contributed by atoms with van der Waals surface area (Å²) in [4.78, 5) is 22.9. The average Bonchev–Trinajstić information content (AvgIpc) is 2.31. The lowest BCUT2D eigenvalue weighted by atomic mass is 10.1. The van der Waals surface area contributed by atoms with Crippen LogP contribution in [0.1, 0.15) is 15.9 Å². The molecule has 0 aliphatic carbocycles. The molecule has 5 nitrogen and oxygen atoms in total. The van der Waals surface area contributed by atoms with Crippen molar-refractivity contribution < 1.29 is 19.4 Å². The Balaban J connectivity index is 2.87. The highest BCUT2D eigenvalue weighted by Crippen LogP contribution is 2.19. The van der Waals surface area contributed by atoms with E-state index in [-0.39, 0.29) is 6.61 Å². The number of rotatable bonds is 5. The fourth-order valence-electron chi connectivity index (χ4n) is 1.43. The number of hydrogen-bond acceptors (Lipinski definition) is 3. The van der Waals surface area contributed by atoms with Crippen LogP contribution in [0.2, 0.25) is 0 Å². The largest absolute Gasteiger partial charge is 0.480 e. The zero-order chi connectivity index (χ0) is 13.7. The number of amides is 1. The smallest absolute Gasteiger partial charge is 0.328 e. The van der Waals surface area contributed by atoms with E-state index in [4.69, 9.17) is 9.84 Å². The summed E-state index contributed by atoms with van der Waals surface area (Å²) in [6.07, 6.45) is 0. The zero-order valence-corrected chi connectivity index (χ0v) is 11.7. The van der Waals surface area contributed by atoms with Gasteiger partial charge in [-0.1, -0.05) is 22.0 Å². The van der Waals surface area contributed by atoms with Crippen LogP contribution in [0.3, 0.4) is 0 Å². The Bertz CT molecular complexity index is 461. The van der Waals surface area contributed by atoms with Crippen LogP contribution in [0.4, 0.5) is 0 Å². The summed E-state index contributed by atoms with van der Waals surface area (Å²) in [5.74, 6) is -1.56. The van der Waals surface area contributed by atoms with Gasteiger partial charge >= 0.3 is 5.97 Å². The predicted molar refractivity (Wildman–Crippen MR) is 69.6 cm³/mol. The van der Waals surface area contributed by atoms with Crippen LogP contribution in [-0.2, 0) is 9.53 Å². The molecule has 0 saturated carbocycles. The molecule has 0 bridgehead atoms. The van der Waals surface area contributed by atoms with Crippen LogP contribution in [0.25, 0.3) is 0 Å². The quantitative estimate of drug-likeness (QED) is 0.865. The second kappa shape index (κ2) is 6.51. The highest BCUT2D eigenvalue weighted by molar-refractivity contribution is 9.10. The van der Waals surface area contributed by atoms with E-state index < -0.39 is 17.9 Å². The molecule has 0 aliphatic heterocycles. The molecule has 0 spiro atoms. The SMILES string of the molecule is COCC(NC(=O)c1cccc(Br)c1C)C(=O)O. The molecule has 0 saturated heterocycles. The van der Waals surface area contributed by atoms with Crippen LogP contribution in [-0.4, -0.2) is 36.7 Å². The molecular formula is C12H14BrNO4. The Kier molecular flexibility index (Phi) is 5.30. The first-order chi connectivity index (χ1) is 8.47. The normalized spacial score (nSPS) is 11.9. The lowest BCUT2D eigenvalue weighted by molar-refractivity contribution is -0.140. The Morgan fingerprint density at radius 1 is 1.50 bits per heavy atom. The molecule has 0 fully saturated rings. The first kappa shape index (κ1) is 14.7. The van der Waals surface area contributed by atoms with Crippen molar-refractivity contribution in [1.82, 2.24) is 5.32 Å². The molecule has 0 radical (unpaired) electrons. The molecule has 1 rings (SSSR count). The van der Waals surface area contributed by atoms with Gasteiger partial charge < -0.3 is 15.2 Å². The van der Waals surface area contributed by atoms with Crippen molar-refractivity contribution in [2.24, 2.45) is 0 Å². The molecule has 2 N–H and O–H groups in total. The van der Waals surface area contributed by atoms with Gasteiger partial charge in [-0.2, -0.15) is 0 Å². The molecule has 1 aromatic rings. The molecule has 0 aliphatic rings. The van der Waals surface area contributed by atoms with Gasteiger partial charge in [-0.05, 0) is 24.6 Å². The summed E-state index contributed by atoms with van der Waals surface area (Å²) < 4.78 is 5.55. The van der Waals surface area contributed by atoms with Gasteiger partial charge in [0.25, 0.3) is 5.91 Å². The van der Waals surface area contributed by atoms with E-state index in [1.165, 1.54) is 7.11 Å². The molecular weight excluding hydrogens is 302 g/mol. The van der Waals surface area contributed by atoms with Gasteiger partial charge in [0.2, 0.25) is 0 Å². The van der Waals surface area contributed by atoms with Crippen molar-refractivity contribution in [3.05, 3.63) is 33.8 Å². The second-order valence-electron chi connectivity index (χ2n) is 3.73. The number of hydrogen-bond donors (Lipinski definition) is 2. The van der Waals surface area contributed by atoms with Gasteiger partial charge in [-0.25, -0.2) is 4.79 Å². The Labute approximate surface area is 113 Å². The first-order valence-electron chi connectivity index (χ1n) is 5.25. The van der Waals surface area contributed by atoms with Gasteiger partial charge in [0.1, 0.15) is 0 Å². The predicted octanol–water partition coefficient (Wildman–Crippen LogP) is 1.59. The van der Waals surface area contributed by atoms with E-state index in [0.717, 1.165) is 10.0 Å². The molecule has 0 aromatic heterocycles. The van der Waals surface area contributed by atoms with Crippen LogP contribution in [0, 0.1) is 6.92 Å². The highest BCUT2D eigenvalue weighted by atomic mass is 79.9. The standard InChI is InChI=1S/C12H14BrNO4/c1-7-8(4-3-5-9(7)13)11(15)14-10(6-18-2)12(16)17/h3-5,10H,6H2,1-2H3,(H,14,15)(H,16,17). The van der Waals surface area contributed by atoms with E-state index in [9.17, 15) is 9.59 Å². The minimum absolute atomic E-state index is 0.0753. The molecule has 1 unspecified atom stereocenters. The summed E-state index contributed by atoms with van der Waals surface area (Å²) in [7, 11) is 1.38. The van der Waals surface area contributed by atoms with Crippen LogP contribution >= 0.6 is 15.9 Å². The van der Waals surface area contributed by atoms with Gasteiger partial charge in [-0.15, -0.1) is 0 Å². The van der Waals surface area contributed by atoms with Crippen molar-refractivity contribution in [3.63, 3.8) is 0 Å². The van der Waals surface area contributed by atoms with Gasteiger partial charge in [0.05, 0.1) is 6.61 Å². The lowest BCUT2D eigenvalue weighted by Crippen LogP contribution is -2.44. The molecule has 6 heteroatoms. The molecule has 1 aromatic carbocycles. The number of aliphatic carboxylic acids is 1. The number of halogens is 1. The Morgan fingerprint density at radius 3 is 2.72 bits per heavy atom. The van der Waals surface area contributed by atoms with E-state index in [1.807, 2.05) is 6.07 Å². The summed E-state index contributed by atoms with van der Waals surface area (Å²) in [5, 5.41) is 11.3. The number of carbonyl (C=O) groups is 2. The monoisotopic (exact) mass is 315 g/mol. The average molecular weight is 316 g/mol. The number of nitrogens with one attached hydrogen (secondary N) is 1. The fraction of sp³-hybridized carbons (Fsp3) is 0.333. The summed E-state index contributed by atoms with van der Waals surface area (Å²) in [5.41, 5.74) is 1.20. The maximum absolute atomic E-state index is 12.0. The maximum Gasteiger partial charge on any atom is 0.328 e. The second-order valence-corrected chi connectivity index (χ2v) is 4.59. The molecule has 18 heavy (non-hydrogen) atoms. The Hall–Kier alpha value is -1.40. The molecule has 1 amide bonds. The lowest BCUT2D eigenvalue weighted by Gasteiger charge is -2.14. The maximum atomic E-state index is 12.0. The summed E-state index contributed by atoms with van der Waals surface area (Å²) in [6.45, 7) is 1.71. The Morgan fingerprint density at radius 2 is 2.17 bits per heavy atom. The minimum atomic E-state index is -1.13. The fourth-order valence-corrected chi connectivity index (χ4v) is 1.80. The summed E-state index contributed by atoms with van der Waals surface area (Å²) >= 11 is 3.32. The van der Waals surface area contributed by atoms with Gasteiger partial charge in [-0.3, -0.25) is 4.79 Å². The van der Waals surface area contributed by atoms with Crippen LogP contribution in [0.5, 0.6) is 0 Å². The topological polar surface area (TPSA) is 75.6 Å². The van der Waals surface area contributed by atoms with Crippen molar-refractivity contribution in [2.45, 2.75) is 13.0 Å². The highest BCUT2D eigenvalue weighted by Gasteiger charge is 2.21. The zero-order valence-electron chi connectivity index (χ0n) is 10.1. The number of carboxylic acids is 1. The third-order valence-corrected chi connectivity index (χ3v) is 3.31. The molecule has 0 heterocycles. The number of carbonyl (C=O) groups excluding carboxylic acids is 1. The van der Waals surface area contributed by atoms with Crippen LogP contribution < -0.4 is 5.32 Å². The first-order valence-corrected chi connectivity index (χ1v) is 6.04. The van der Waals surface area contributed by atoms with Crippen molar-refractivity contribution in [3.8, 4) is 0 Å². The van der Waals surface area contributed by atoms with E-state index in [0.29, 0.717) is 5.56 Å². The number of methoxy groups -OCH3 is 1. The number of benzene rings is 1. The summed E-state index contributed by atoms with van der Waals surface area (Å²) in [6, 6.07) is 4.12. The number of ether oxygens (including phenoxy) is 1. The van der Waals surface area contributed by atoms with E-state index >= 15 is 0 Å². The molecule has 1 atom stereocenters. The van der Waals surface area contributed by atoms with Crippen LogP contribution in [0.15, 0.2) is 22.7 Å². The third-order valence-electron chi connectivity index (χ3n) is 2.45. The minimum Gasteiger partial charge on any atom is -0.480 e. The van der Waals surface area contributed by atoms with Gasteiger partial charge in [0.15, 0.2) is 6.04 Å². The third kappa shape index (κ3) is 3.54. The van der Waals surface area contributed by atoms with Crippen molar-refractivity contribution in [1.29, 1.82) is 0 Å². The van der Waals surface area contributed by atoms with E-state index in [2.05, 4.69) is 21.2 Å².